The number of nitrogens with zero attached hydrogens (tertiary/aromatic N) is 2. The second-order valence-electron chi connectivity index (χ2n) is 5.73. The fourth-order valence-corrected chi connectivity index (χ4v) is 3.96. The Bertz CT molecular complexity index is 850. The molecule has 3 nitrogen and oxygen atoms in total. The Labute approximate surface area is 160 Å². The molecular weight excluding hydrogens is 367 g/mol. The van der Waals surface area contributed by atoms with Crippen LogP contribution >= 0.6 is 23.1 Å². The van der Waals surface area contributed by atoms with Crippen LogP contribution in [-0.4, -0.2) is 16.6 Å². The standard InChI is InChI=1S/C20H19FN2OS2/c1-15-22-17(14-26-15)13-23(18-9-7-16(21)8-10-18)20(24)11-12-25-19-5-3-2-4-6-19/h2-10,14H,11-13H2,1H3. The Balaban J connectivity index is 1.69. The number of carbonyl (C=O) groups excluding carboxylic acids is 1. The highest BCUT2D eigenvalue weighted by molar-refractivity contribution is 7.99. The lowest BCUT2D eigenvalue weighted by atomic mass is 10.2. The SMILES string of the molecule is Cc1nc(CN(C(=O)CCSc2ccccc2)c2ccc(F)cc2)cs1. The molecule has 1 aromatic heterocycles. The molecule has 0 aliphatic rings. The molecule has 0 radical (unpaired) electrons. The predicted octanol–water partition coefficient (Wildman–Crippen LogP) is 5.31. The van der Waals surface area contributed by atoms with Crippen molar-refractivity contribution in [3.63, 3.8) is 0 Å². The Hall–Kier alpha value is -2.18. The maximum atomic E-state index is 13.3. The number of anilines is 1. The van der Waals surface area contributed by atoms with Gasteiger partial charge in [-0.1, -0.05) is 18.2 Å². The summed E-state index contributed by atoms with van der Waals surface area (Å²) in [6.07, 6.45) is 0.403. The Morgan fingerprint density at radius 1 is 1.15 bits per heavy atom. The molecule has 0 aliphatic heterocycles. The molecule has 0 atom stereocenters. The highest BCUT2D eigenvalue weighted by atomic mass is 32.2. The van der Waals surface area contributed by atoms with Crippen LogP contribution in [0.5, 0.6) is 0 Å². The zero-order valence-electron chi connectivity index (χ0n) is 14.4. The number of aromatic nitrogens is 1. The van der Waals surface area contributed by atoms with E-state index in [0.29, 0.717) is 24.4 Å². The number of hydrogen-bond donors (Lipinski definition) is 0. The Kier molecular flexibility index (Phi) is 6.41. The van der Waals surface area contributed by atoms with E-state index in [0.717, 1.165) is 15.6 Å². The number of benzene rings is 2. The van der Waals surface area contributed by atoms with Gasteiger partial charge in [-0.25, -0.2) is 9.37 Å². The van der Waals surface area contributed by atoms with Crippen molar-refractivity contribution in [1.82, 2.24) is 4.98 Å². The smallest absolute Gasteiger partial charge is 0.228 e. The minimum Gasteiger partial charge on any atom is -0.306 e. The van der Waals surface area contributed by atoms with Crippen molar-refractivity contribution in [3.8, 4) is 0 Å². The van der Waals surface area contributed by atoms with Crippen molar-refractivity contribution in [2.45, 2.75) is 24.8 Å². The summed E-state index contributed by atoms with van der Waals surface area (Å²) in [7, 11) is 0. The lowest BCUT2D eigenvalue weighted by Gasteiger charge is -2.22. The van der Waals surface area contributed by atoms with Gasteiger partial charge in [0.2, 0.25) is 5.91 Å². The number of aryl methyl sites for hydroxylation is 1. The summed E-state index contributed by atoms with van der Waals surface area (Å²) in [6.45, 7) is 2.33. The molecular formula is C20H19FN2OS2. The molecule has 0 spiro atoms. The third-order valence-corrected chi connectivity index (χ3v) is 5.59. The van der Waals surface area contributed by atoms with Crippen LogP contribution in [0, 0.1) is 12.7 Å². The van der Waals surface area contributed by atoms with Crippen LogP contribution in [0.4, 0.5) is 10.1 Å². The van der Waals surface area contributed by atoms with E-state index in [1.165, 1.54) is 12.1 Å². The second kappa shape index (κ2) is 8.96. The Morgan fingerprint density at radius 2 is 1.88 bits per heavy atom. The number of hydrogen-bond acceptors (Lipinski definition) is 4. The van der Waals surface area contributed by atoms with Crippen LogP contribution in [0.2, 0.25) is 0 Å². The molecule has 0 saturated heterocycles. The van der Waals surface area contributed by atoms with Crippen LogP contribution < -0.4 is 4.90 Å². The van der Waals surface area contributed by atoms with Crippen molar-refractivity contribution in [2.75, 3.05) is 10.7 Å². The lowest BCUT2D eigenvalue weighted by molar-refractivity contribution is -0.118. The van der Waals surface area contributed by atoms with E-state index in [1.807, 2.05) is 42.6 Å². The summed E-state index contributed by atoms with van der Waals surface area (Å²) >= 11 is 3.21. The van der Waals surface area contributed by atoms with Gasteiger partial charge in [-0.05, 0) is 43.3 Å². The van der Waals surface area contributed by atoms with E-state index in [-0.39, 0.29) is 11.7 Å². The highest BCUT2D eigenvalue weighted by Crippen LogP contribution is 2.22. The average molecular weight is 387 g/mol. The zero-order valence-corrected chi connectivity index (χ0v) is 16.0. The monoisotopic (exact) mass is 386 g/mol. The number of thiazole rings is 1. The third kappa shape index (κ3) is 5.16. The van der Waals surface area contributed by atoms with Gasteiger partial charge in [0.1, 0.15) is 5.82 Å². The van der Waals surface area contributed by atoms with Crippen LogP contribution in [0.25, 0.3) is 0 Å². The molecule has 0 unspecified atom stereocenters. The molecule has 1 heterocycles. The van der Waals surface area contributed by atoms with Gasteiger partial charge in [-0.2, -0.15) is 0 Å². The number of rotatable bonds is 7. The van der Waals surface area contributed by atoms with Crippen molar-refractivity contribution in [3.05, 3.63) is 76.5 Å². The molecule has 6 heteroatoms. The first kappa shape index (κ1) is 18.6. The molecule has 134 valence electrons. The van der Waals surface area contributed by atoms with Gasteiger partial charge in [-0.15, -0.1) is 23.1 Å². The van der Waals surface area contributed by atoms with Gasteiger partial charge in [0.25, 0.3) is 0 Å². The fourth-order valence-electron chi connectivity index (χ4n) is 2.50. The summed E-state index contributed by atoms with van der Waals surface area (Å²) in [5.74, 6) is 0.382. The van der Waals surface area contributed by atoms with Crippen molar-refractivity contribution >= 4 is 34.7 Å². The molecule has 0 aliphatic carbocycles. The molecule has 3 rings (SSSR count). The van der Waals surface area contributed by atoms with Crippen molar-refractivity contribution in [1.29, 1.82) is 0 Å². The molecule has 0 saturated carbocycles. The van der Waals surface area contributed by atoms with Gasteiger partial charge in [0.05, 0.1) is 17.2 Å². The van der Waals surface area contributed by atoms with E-state index in [1.54, 1.807) is 40.1 Å². The van der Waals surface area contributed by atoms with Gasteiger partial charge >= 0.3 is 0 Å². The maximum absolute atomic E-state index is 13.3. The van der Waals surface area contributed by atoms with E-state index >= 15 is 0 Å². The second-order valence-corrected chi connectivity index (χ2v) is 7.96. The normalized spacial score (nSPS) is 10.7. The van der Waals surface area contributed by atoms with Crippen LogP contribution in [-0.2, 0) is 11.3 Å². The molecule has 26 heavy (non-hydrogen) atoms. The number of carbonyl (C=O) groups is 1. The van der Waals surface area contributed by atoms with Gasteiger partial charge in [0, 0.05) is 28.1 Å². The molecule has 0 fully saturated rings. The first-order valence-electron chi connectivity index (χ1n) is 8.26. The van der Waals surface area contributed by atoms with E-state index in [2.05, 4.69) is 4.98 Å². The predicted molar refractivity (Wildman–Crippen MR) is 106 cm³/mol. The summed E-state index contributed by atoms with van der Waals surface area (Å²) in [4.78, 5) is 20.1. The van der Waals surface area contributed by atoms with Crippen LogP contribution in [0.1, 0.15) is 17.1 Å². The minimum atomic E-state index is -0.315. The topological polar surface area (TPSA) is 33.2 Å². The van der Waals surface area contributed by atoms with E-state index < -0.39 is 0 Å². The first-order chi connectivity index (χ1) is 12.6. The quantitative estimate of drug-likeness (QED) is 0.516. The zero-order chi connectivity index (χ0) is 18.4. The van der Waals surface area contributed by atoms with Crippen molar-refractivity contribution in [2.24, 2.45) is 0 Å². The molecule has 3 aromatic rings. The van der Waals surface area contributed by atoms with Crippen molar-refractivity contribution < 1.29 is 9.18 Å². The van der Waals surface area contributed by atoms with Crippen LogP contribution in [0.15, 0.2) is 64.9 Å². The number of thioether (sulfide) groups is 1. The maximum Gasteiger partial charge on any atom is 0.228 e. The van der Waals surface area contributed by atoms with Crippen LogP contribution in [0.3, 0.4) is 0 Å². The average Bonchev–Trinajstić information content (AvgIpc) is 3.06. The fraction of sp³-hybridized carbons (Fsp3) is 0.200. The summed E-state index contributed by atoms with van der Waals surface area (Å²) in [5.41, 5.74) is 1.53. The van der Waals surface area contributed by atoms with Gasteiger partial charge in [0.15, 0.2) is 0 Å². The molecule has 0 bridgehead atoms. The first-order valence-corrected chi connectivity index (χ1v) is 10.1. The summed E-state index contributed by atoms with van der Waals surface area (Å²) < 4.78 is 13.3. The number of amides is 1. The largest absolute Gasteiger partial charge is 0.306 e. The van der Waals surface area contributed by atoms with E-state index in [4.69, 9.17) is 0 Å². The van der Waals surface area contributed by atoms with Gasteiger partial charge < -0.3 is 4.90 Å². The summed E-state index contributed by atoms with van der Waals surface area (Å²) in [6, 6.07) is 16.0. The lowest BCUT2D eigenvalue weighted by Crippen LogP contribution is -2.30. The Morgan fingerprint density at radius 3 is 2.54 bits per heavy atom. The van der Waals surface area contributed by atoms with E-state index in [9.17, 15) is 9.18 Å². The third-order valence-electron chi connectivity index (χ3n) is 3.75. The minimum absolute atomic E-state index is 0.00527. The molecule has 1 amide bonds. The molecule has 0 N–H and O–H groups in total. The molecule has 2 aromatic carbocycles. The summed E-state index contributed by atoms with van der Waals surface area (Å²) in [5, 5.41) is 2.92. The number of halogens is 1. The van der Waals surface area contributed by atoms with Gasteiger partial charge in [-0.3, -0.25) is 4.79 Å². The highest BCUT2D eigenvalue weighted by Gasteiger charge is 2.17.